The Hall–Kier alpha value is -0.810. The molecule has 5 heteroatoms. The third-order valence-corrected chi connectivity index (χ3v) is 4.42. The zero-order valence-corrected chi connectivity index (χ0v) is 11.5. The maximum atomic E-state index is 12.1. The van der Waals surface area contributed by atoms with Crippen LogP contribution >= 0.6 is 0 Å². The third-order valence-electron chi connectivity index (χ3n) is 4.42. The zero-order chi connectivity index (χ0) is 13.3. The average molecular weight is 256 g/mol. The molecule has 1 aliphatic carbocycles. The van der Waals surface area contributed by atoms with Crippen molar-refractivity contribution in [3.63, 3.8) is 0 Å². The summed E-state index contributed by atoms with van der Waals surface area (Å²) in [5, 5.41) is 12.0. The van der Waals surface area contributed by atoms with Gasteiger partial charge in [-0.2, -0.15) is 0 Å². The Morgan fingerprint density at radius 3 is 2.89 bits per heavy atom. The molecule has 2 N–H and O–H groups in total. The van der Waals surface area contributed by atoms with Gasteiger partial charge in [0.05, 0.1) is 12.7 Å². The molecule has 3 atom stereocenters. The number of fused-ring (bicyclic) bond motifs is 1. The van der Waals surface area contributed by atoms with Crippen molar-refractivity contribution in [1.82, 2.24) is 10.2 Å². The van der Waals surface area contributed by atoms with Gasteiger partial charge in [-0.3, -0.25) is 0 Å². The van der Waals surface area contributed by atoms with Gasteiger partial charge < -0.3 is 20.1 Å². The standard InChI is InChI=1S/C13H24N2O3/c1-4-15(6-7-16)12(17)14-10-9-5-8-18-11(9)13(10,2)3/h9-11,16H,4-8H2,1-3H3,(H,14,17). The van der Waals surface area contributed by atoms with Crippen LogP contribution in [-0.4, -0.2) is 54.5 Å². The van der Waals surface area contributed by atoms with Crippen LogP contribution < -0.4 is 5.32 Å². The summed E-state index contributed by atoms with van der Waals surface area (Å²) in [5.41, 5.74) is 0.00938. The van der Waals surface area contributed by atoms with E-state index in [1.807, 2.05) is 6.92 Å². The maximum absolute atomic E-state index is 12.1. The molecule has 1 heterocycles. The van der Waals surface area contributed by atoms with Gasteiger partial charge in [0.1, 0.15) is 0 Å². The zero-order valence-electron chi connectivity index (χ0n) is 11.5. The molecule has 1 aliphatic heterocycles. The number of hydrogen-bond donors (Lipinski definition) is 2. The molecule has 2 rings (SSSR count). The number of ether oxygens (including phenoxy) is 1. The fourth-order valence-electron chi connectivity index (χ4n) is 3.37. The number of carbonyl (C=O) groups excluding carboxylic acids is 1. The highest BCUT2D eigenvalue weighted by molar-refractivity contribution is 5.75. The van der Waals surface area contributed by atoms with Crippen molar-refractivity contribution < 1.29 is 14.6 Å². The minimum atomic E-state index is -0.0741. The summed E-state index contributed by atoms with van der Waals surface area (Å²) < 4.78 is 5.71. The summed E-state index contributed by atoms with van der Waals surface area (Å²) in [4.78, 5) is 13.7. The van der Waals surface area contributed by atoms with Crippen molar-refractivity contribution >= 4 is 6.03 Å². The van der Waals surface area contributed by atoms with Crippen LogP contribution in [0.5, 0.6) is 0 Å². The van der Waals surface area contributed by atoms with Gasteiger partial charge >= 0.3 is 6.03 Å². The lowest BCUT2D eigenvalue weighted by Gasteiger charge is -2.54. The molecule has 0 spiro atoms. The summed E-state index contributed by atoms with van der Waals surface area (Å²) in [6.07, 6.45) is 1.32. The first-order valence-corrected chi connectivity index (χ1v) is 6.80. The Morgan fingerprint density at radius 1 is 1.56 bits per heavy atom. The largest absolute Gasteiger partial charge is 0.395 e. The lowest BCUT2D eigenvalue weighted by atomic mass is 9.57. The minimum absolute atomic E-state index is 0.00445. The molecule has 0 radical (unpaired) electrons. The molecule has 1 saturated heterocycles. The van der Waals surface area contributed by atoms with Gasteiger partial charge in [0, 0.05) is 37.1 Å². The SMILES string of the molecule is CCN(CCO)C(=O)NC1C2CCOC2C1(C)C. The fraction of sp³-hybridized carbons (Fsp3) is 0.923. The van der Waals surface area contributed by atoms with Crippen LogP contribution in [0.4, 0.5) is 4.79 Å². The van der Waals surface area contributed by atoms with Gasteiger partial charge in [-0.05, 0) is 13.3 Å². The lowest BCUT2D eigenvalue weighted by molar-refractivity contribution is -0.109. The van der Waals surface area contributed by atoms with Crippen molar-refractivity contribution in [1.29, 1.82) is 0 Å². The van der Waals surface area contributed by atoms with E-state index in [4.69, 9.17) is 9.84 Å². The van der Waals surface area contributed by atoms with Crippen LogP contribution in [0.2, 0.25) is 0 Å². The van der Waals surface area contributed by atoms with Crippen LogP contribution in [0, 0.1) is 11.3 Å². The van der Waals surface area contributed by atoms with E-state index in [1.165, 1.54) is 0 Å². The predicted molar refractivity (Wildman–Crippen MR) is 68.3 cm³/mol. The number of rotatable bonds is 4. The van der Waals surface area contributed by atoms with Crippen molar-refractivity contribution in [3.05, 3.63) is 0 Å². The Bertz CT molecular complexity index is 319. The topological polar surface area (TPSA) is 61.8 Å². The molecule has 104 valence electrons. The molecule has 2 amide bonds. The normalized spacial score (nSPS) is 32.6. The molecular weight excluding hydrogens is 232 g/mol. The summed E-state index contributed by atoms with van der Waals surface area (Å²) in [7, 11) is 0. The number of nitrogens with zero attached hydrogens (tertiary/aromatic N) is 1. The van der Waals surface area contributed by atoms with Crippen LogP contribution in [0.15, 0.2) is 0 Å². The molecule has 2 aliphatic rings. The van der Waals surface area contributed by atoms with E-state index in [1.54, 1.807) is 4.90 Å². The van der Waals surface area contributed by atoms with E-state index in [0.717, 1.165) is 13.0 Å². The second kappa shape index (κ2) is 5.05. The first kappa shape index (κ1) is 13.6. The van der Waals surface area contributed by atoms with Crippen molar-refractivity contribution in [2.24, 2.45) is 11.3 Å². The van der Waals surface area contributed by atoms with Gasteiger partial charge in [0.2, 0.25) is 0 Å². The molecule has 0 aromatic heterocycles. The summed E-state index contributed by atoms with van der Waals surface area (Å²) in [6.45, 7) is 8.02. The predicted octanol–water partition coefficient (Wildman–Crippen LogP) is 0.824. The molecule has 18 heavy (non-hydrogen) atoms. The smallest absolute Gasteiger partial charge is 0.317 e. The van der Waals surface area contributed by atoms with Crippen LogP contribution in [0.3, 0.4) is 0 Å². The highest BCUT2D eigenvalue weighted by atomic mass is 16.5. The van der Waals surface area contributed by atoms with Crippen LogP contribution in [0.1, 0.15) is 27.2 Å². The van der Waals surface area contributed by atoms with E-state index < -0.39 is 0 Å². The second-order valence-corrected chi connectivity index (χ2v) is 5.80. The Morgan fingerprint density at radius 2 is 2.28 bits per heavy atom. The van der Waals surface area contributed by atoms with Gasteiger partial charge in [-0.15, -0.1) is 0 Å². The molecule has 5 nitrogen and oxygen atoms in total. The first-order chi connectivity index (χ1) is 8.52. The van der Waals surface area contributed by atoms with Gasteiger partial charge in [-0.1, -0.05) is 13.8 Å². The van der Waals surface area contributed by atoms with E-state index >= 15 is 0 Å². The quantitative estimate of drug-likeness (QED) is 0.783. The fourth-order valence-corrected chi connectivity index (χ4v) is 3.37. The van der Waals surface area contributed by atoms with E-state index in [-0.39, 0.29) is 30.2 Å². The Kier molecular flexibility index (Phi) is 3.82. The number of carbonyl (C=O) groups is 1. The van der Waals surface area contributed by atoms with E-state index in [9.17, 15) is 4.79 Å². The van der Waals surface area contributed by atoms with E-state index in [2.05, 4.69) is 19.2 Å². The number of hydrogen-bond acceptors (Lipinski definition) is 3. The minimum Gasteiger partial charge on any atom is -0.395 e. The van der Waals surface area contributed by atoms with Crippen molar-refractivity contribution in [2.45, 2.75) is 39.3 Å². The number of aliphatic hydroxyl groups is 1. The van der Waals surface area contributed by atoms with E-state index in [0.29, 0.717) is 19.0 Å². The summed E-state index contributed by atoms with van der Waals surface area (Å²) in [6, 6.07) is 0.111. The number of nitrogens with one attached hydrogen (secondary N) is 1. The van der Waals surface area contributed by atoms with Gasteiger partial charge in [0.15, 0.2) is 0 Å². The highest BCUT2D eigenvalue weighted by Gasteiger charge is 2.59. The molecule has 2 fully saturated rings. The number of amides is 2. The number of likely N-dealkylation sites (N-methyl/N-ethyl adjacent to an activating group) is 1. The summed E-state index contributed by atoms with van der Waals surface area (Å²) in [5.74, 6) is 0.455. The lowest BCUT2D eigenvalue weighted by Crippen LogP contribution is -2.68. The van der Waals surface area contributed by atoms with Crippen LogP contribution in [0.25, 0.3) is 0 Å². The Labute approximate surface area is 108 Å². The monoisotopic (exact) mass is 256 g/mol. The first-order valence-electron chi connectivity index (χ1n) is 6.80. The highest BCUT2D eigenvalue weighted by Crippen LogP contribution is 2.52. The third kappa shape index (κ3) is 2.10. The molecule has 0 aromatic carbocycles. The second-order valence-electron chi connectivity index (χ2n) is 5.80. The van der Waals surface area contributed by atoms with Crippen molar-refractivity contribution in [2.75, 3.05) is 26.3 Å². The summed E-state index contributed by atoms with van der Waals surface area (Å²) >= 11 is 0. The van der Waals surface area contributed by atoms with Gasteiger partial charge in [-0.25, -0.2) is 4.79 Å². The molecular formula is C13H24N2O3. The number of aliphatic hydroxyl groups excluding tert-OH is 1. The van der Waals surface area contributed by atoms with Crippen molar-refractivity contribution in [3.8, 4) is 0 Å². The average Bonchev–Trinajstić information content (AvgIpc) is 2.79. The maximum Gasteiger partial charge on any atom is 0.317 e. The molecule has 0 aromatic rings. The Balaban J connectivity index is 1.95. The molecule has 1 saturated carbocycles. The molecule has 0 bridgehead atoms. The van der Waals surface area contributed by atoms with Crippen LogP contribution in [-0.2, 0) is 4.74 Å². The van der Waals surface area contributed by atoms with Gasteiger partial charge in [0.25, 0.3) is 0 Å². The molecule has 3 unspecified atom stereocenters. The number of urea groups is 1.